The van der Waals surface area contributed by atoms with E-state index in [2.05, 4.69) is 35.9 Å². The van der Waals surface area contributed by atoms with Crippen molar-refractivity contribution in [2.75, 3.05) is 52.5 Å². The first-order chi connectivity index (χ1) is 10.2. The van der Waals surface area contributed by atoms with Crippen LogP contribution in [0.15, 0.2) is 4.99 Å². The normalized spacial score (nSPS) is 24.1. The minimum atomic E-state index is 0.492. The Kier molecular flexibility index (Phi) is 6.77. The van der Waals surface area contributed by atoms with Crippen LogP contribution in [0.3, 0.4) is 0 Å². The largest absolute Gasteiger partial charge is 0.379 e. The fourth-order valence-corrected chi connectivity index (χ4v) is 3.00. The number of guanidine groups is 1. The van der Waals surface area contributed by atoms with Gasteiger partial charge in [0.15, 0.2) is 5.96 Å². The molecule has 2 heterocycles. The standard InChI is InChI=1S/C16H32N4O/c1-4-17-16(20-7-5-14(2)6-8-20)18-13-15(3)19-9-11-21-12-10-19/h14-15H,4-13H2,1-3H3,(H,17,18). The molecule has 21 heavy (non-hydrogen) atoms. The molecule has 0 bridgehead atoms. The van der Waals surface area contributed by atoms with Crippen LogP contribution in [0, 0.1) is 5.92 Å². The van der Waals surface area contributed by atoms with E-state index in [0.29, 0.717) is 6.04 Å². The third-order valence-electron chi connectivity index (χ3n) is 4.59. The van der Waals surface area contributed by atoms with E-state index in [-0.39, 0.29) is 0 Å². The van der Waals surface area contributed by atoms with Crippen molar-refractivity contribution in [3.8, 4) is 0 Å². The van der Waals surface area contributed by atoms with E-state index >= 15 is 0 Å². The number of nitrogens with one attached hydrogen (secondary N) is 1. The van der Waals surface area contributed by atoms with Crippen LogP contribution in [0.4, 0.5) is 0 Å². The van der Waals surface area contributed by atoms with Crippen LogP contribution in [0.2, 0.25) is 0 Å². The maximum absolute atomic E-state index is 5.42. The van der Waals surface area contributed by atoms with Gasteiger partial charge in [-0.15, -0.1) is 0 Å². The first-order valence-corrected chi connectivity index (χ1v) is 8.55. The number of likely N-dealkylation sites (tertiary alicyclic amines) is 1. The van der Waals surface area contributed by atoms with E-state index in [9.17, 15) is 0 Å². The Balaban J connectivity index is 1.87. The van der Waals surface area contributed by atoms with Crippen LogP contribution in [-0.2, 0) is 4.74 Å². The molecule has 5 heteroatoms. The molecule has 0 spiro atoms. The van der Waals surface area contributed by atoms with Gasteiger partial charge in [0, 0.05) is 38.8 Å². The van der Waals surface area contributed by atoms with E-state index < -0.39 is 0 Å². The fourth-order valence-electron chi connectivity index (χ4n) is 3.00. The first-order valence-electron chi connectivity index (χ1n) is 8.55. The Morgan fingerprint density at radius 1 is 1.24 bits per heavy atom. The second kappa shape index (κ2) is 8.59. The van der Waals surface area contributed by atoms with E-state index in [4.69, 9.17) is 9.73 Å². The number of rotatable bonds is 4. The van der Waals surface area contributed by atoms with Gasteiger partial charge in [0.1, 0.15) is 0 Å². The van der Waals surface area contributed by atoms with Crippen LogP contribution in [-0.4, -0.2) is 74.3 Å². The molecule has 2 fully saturated rings. The molecular formula is C16H32N4O. The van der Waals surface area contributed by atoms with Gasteiger partial charge in [0.25, 0.3) is 0 Å². The van der Waals surface area contributed by atoms with Gasteiger partial charge in [-0.05, 0) is 32.6 Å². The summed E-state index contributed by atoms with van der Waals surface area (Å²) in [4.78, 5) is 9.79. The lowest BCUT2D eigenvalue weighted by Crippen LogP contribution is -2.47. The lowest BCUT2D eigenvalue weighted by atomic mass is 10.00. The van der Waals surface area contributed by atoms with E-state index in [1.807, 2.05) is 0 Å². The van der Waals surface area contributed by atoms with E-state index in [1.165, 1.54) is 12.8 Å². The SMILES string of the molecule is CCNC(=NCC(C)N1CCOCC1)N1CCC(C)CC1. The van der Waals surface area contributed by atoms with Gasteiger partial charge in [-0.3, -0.25) is 9.89 Å². The average Bonchev–Trinajstić information content (AvgIpc) is 2.53. The maximum atomic E-state index is 5.42. The van der Waals surface area contributed by atoms with Crippen molar-refractivity contribution in [3.63, 3.8) is 0 Å². The molecule has 1 atom stereocenters. The zero-order valence-electron chi connectivity index (χ0n) is 14.0. The first kappa shape index (κ1) is 16.6. The highest BCUT2D eigenvalue weighted by atomic mass is 16.5. The predicted octanol–water partition coefficient (Wildman–Crippen LogP) is 1.40. The van der Waals surface area contributed by atoms with Gasteiger partial charge >= 0.3 is 0 Å². The number of morpholine rings is 1. The molecular weight excluding hydrogens is 264 g/mol. The molecule has 0 aromatic heterocycles. The zero-order chi connectivity index (χ0) is 15.1. The molecule has 122 valence electrons. The molecule has 2 saturated heterocycles. The highest BCUT2D eigenvalue weighted by Gasteiger charge is 2.20. The van der Waals surface area contributed by atoms with Crippen LogP contribution in [0.1, 0.15) is 33.6 Å². The Labute approximate surface area is 129 Å². The van der Waals surface area contributed by atoms with Gasteiger partial charge in [0.2, 0.25) is 0 Å². The Bertz CT molecular complexity index is 320. The molecule has 1 N–H and O–H groups in total. The molecule has 0 amide bonds. The molecule has 0 aliphatic carbocycles. The number of ether oxygens (including phenoxy) is 1. The van der Waals surface area contributed by atoms with Crippen molar-refractivity contribution in [2.45, 2.75) is 39.7 Å². The molecule has 0 aromatic rings. The van der Waals surface area contributed by atoms with Crippen LogP contribution in [0.5, 0.6) is 0 Å². The van der Waals surface area contributed by atoms with Gasteiger partial charge in [-0.25, -0.2) is 0 Å². The van der Waals surface area contributed by atoms with Gasteiger partial charge < -0.3 is 15.0 Å². The number of hydrogen-bond acceptors (Lipinski definition) is 3. The second-order valence-electron chi connectivity index (χ2n) is 6.36. The summed E-state index contributed by atoms with van der Waals surface area (Å²) in [5.74, 6) is 1.96. The van der Waals surface area contributed by atoms with Crippen molar-refractivity contribution in [3.05, 3.63) is 0 Å². The van der Waals surface area contributed by atoms with Crippen molar-refractivity contribution in [1.29, 1.82) is 0 Å². The molecule has 0 aromatic carbocycles. The third-order valence-corrected chi connectivity index (χ3v) is 4.59. The number of nitrogens with zero attached hydrogens (tertiary/aromatic N) is 3. The Hall–Kier alpha value is -0.810. The minimum absolute atomic E-state index is 0.492. The van der Waals surface area contributed by atoms with Crippen molar-refractivity contribution >= 4 is 5.96 Å². The van der Waals surface area contributed by atoms with E-state index in [0.717, 1.165) is 64.4 Å². The van der Waals surface area contributed by atoms with Crippen molar-refractivity contribution in [1.82, 2.24) is 15.1 Å². The number of hydrogen-bond donors (Lipinski definition) is 1. The summed E-state index contributed by atoms with van der Waals surface area (Å²) in [6.45, 7) is 14.6. The summed E-state index contributed by atoms with van der Waals surface area (Å²) >= 11 is 0. The van der Waals surface area contributed by atoms with Crippen LogP contribution in [0.25, 0.3) is 0 Å². The zero-order valence-corrected chi connectivity index (χ0v) is 14.0. The maximum Gasteiger partial charge on any atom is 0.193 e. The number of piperidine rings is 1. The second-order valence-corrected chi connectivity index (χ2v) is 6.36. The quantitative estimate of drug-likeness (QED) is 0.629. The van der Waals surface area contributed by atoms with Crippen LogP contribution < -0.4 is 5.32 Å². The minimum Gasteiger partial charge on any atom is -0.379 e. The van der Waals surface area contributed by atoms with Gasteiger partial charge in [0.05, 0.1) is 19.8 Å². The lowest BCUT2D eigenvalue weighted by Gasteiger charge is -2.34. The summed E-state index contributed by atoms with van der Waals surface area (Å²) in [7, 11) is 0. The van der Waals surface area contributed by atoms with Crippen molar-refractivity contribution in [2.24, 2.45) is 10.9 Å². The predicted molar refractivity (Wildman–Crippen MR) is 87.8 cm³/mol. The monoisotopic (exact) mass is 296 g/mol. The molecule has 5 nitrogen and oxygen atoms in total. The summed E-state index contributed by atoms with van der Waals surface area (Å²) in [6.07, 6.45) is 2.56. The molecule has 0 radical (unpaired) electrons. The summed E-state index contributed by atoms with van der Waals surface area (Å²) < 4.78 is 5.42. The van der Waals surface area contributed by atoms with E-state index in [1.54, 1.807) is 0 Å². The fraction of sp³-hybridized carbons (Fsp3) is 0.938. The smallest absolute Gasteiger partial charge is 0.193 e. The summed E-state index contributed by atoms with van der Waals surface area (Å²) in [5.41, 5.74) is 0. The third kappa shape index (κ3) is 5.15. The highest BCUT2D eigenvalue weighted by Crippen LogP contribution is 2.16. The molecule has 1 unspecified atom stereocenters. The van der Waals surface area contributed by atoms with Gasteiger partial charge in [-0.2, -0.15) is 0 Å². The van der Waals surface area contributed by atoms with Crippen molar-refractivity contribution < 1.29 is 4.74 Å². The van der Waals surface area contributed by atoms with Crippen LogP contribution >= 0.6 is 0 Å². The molecule has 0 saturated carbocycles. The summed E-state index contributed by atoms with van der Waals surface area (Å²) in [6, 6.07) is 0.492. The summed E-state index contributed by atoms with van der Waals surface area (Å²) in [5, 5.41) is 3.46. The lowest BCUT2D eigenvalue weighted by molar-refractivity contribution is 0.0220. The molecule has 2 aliphatic rings. The molecule has 2 rings (SSSR count). The number of aliphatic imine (C=N–C) groups is 1. The van der Waals surface area contributed by atoms with Gasteiger partial charge in [-0.1, -0.05) is 6.92 Å². The topological polar surface area (TPSA) is 40.1 Å². The highest BCUT2D eigenvalue weighted by molar-refractivity contribution is 5.80. The Morgan fingerprint density at radius 3 is 2.52 bits per heavy atom. The molecule has 2 aliphatic heterocycles. The average molecular weight is 296 g/mol. The Morgan fingerprint density at radius 2 is 1.90 bits per heavy atom.